The van der Waals surface area contributed by atoms with Crippen LogP contribution in [0, 0.1) is 17.0 Å². The van der Waals surface area contributed by atoms with Gasteiger partial charge in [0.15, 0.2) is 11.5 Å². The topological polar surface area (TPSA) is 117 Å². The van der Waals surface area contributed by atoms with Gasteiger partial charge in [0, 0.05) is 18.3 Å². The molecule has 4 rings (SSSR count). The number of aryl methyl sites for hydroxylation is 1. The van der Waals surface area contributed by atoms with E-state index in [1.807, 2.05) is 25.1 Å². The van der Waals surface area contributed by atoms with Crippen molar-refractivity contribution in [2.75, 3.05) is 12.1 Å². The zero-order valence-electron chi connectivity index (χ0n) is 13.7. The van der Waals surface area contributed by atoms with Crippen LogP contribution in [0.1, 0.15) is 11.3 Å². The van der Waals surface area contributed by atoms with Crippen LogP contribution in [-0.2, 0) is 6.54 Å². The highest BCUT2D eigenvalue weighted by atomic mass is 16.7. The summed E-state index contributed by atoms with van der Waals surface area (Å²) in [6.45, 7) is 2.57. The smallest absolute Gasteiger partial charge is 0.307 e. The molecule has 26 heavy (non-hydrogen) atoms. The molecule has 0 bridgehead atoms. The van der Waals surface area contributed by atoms with Crippen LogP contribution in [0.2, 0.25) is 0 Å². The molecule has 0 fully saturated rings. The molecule has 0 unspecified atom stereocenters. The number of nitrogens with zero attached hydrogens (tertiary/aromatic N) is 5. The van der Waals surface area contributed by atoms with E-state index in [9.17, 15) is 10.1 Å². The third kappa shape index (κ3) is 3.11. The normalized spacial score (nSPS) is 12.2. The largest absolute Gasteiger partial charge is 0.454 e. The summed E-state index contributed by atoms with van der Waals surface area (Å²) in [7, 11) is 0. The van der Waals surface area contributed by atoms with Gasteiger partial charge in [-0.15, -0.1) is 0 Å². The average Bonchev–Trinajstić information content (AvgIpc) is 3.28. The van der Waals surface area contributed by atoms with Gasteiger partial charge < -0.3 is 14.8 Å². The monoisotopic (exact) mass is 354 g/mol. The van der Waals surface area contributed by atoms with E-state index in [-0.39, 0.29) is 18.4 Å². The maximum atomic E-state index is 10.8. The van der Waals surface area contributed by atoms with Crippen molar-refractivity contribution in [2.45, 2.75) is 13.5 Å². The number of nitrogens with one attached hydrogen (secondary N) is 1. The summed E-state index contributed by atoms with van der Waals surface area (Å²) in [5, 5.41) is 17.9. The molecule has 1 aliphatic rings. The molecule has 10 heteroatoms. The molecule has 0 radical (unpaired) electrons. The van der Waals surface area contributed by atoms with E-state index in [2.05, 4.69) is 20.4 Å². The number of fused-ring (bicyclic) bond motifs is 1. The molecule has 3 aromatic rings. The van der Waals surface area contributed by atoms with Crippen molar-refractivity contribution in [3.63, 3.8) is 0 Å². The number of rotatable bonds is 5. The Morgan fingerprint density at radius 1 is 1.27 bits per heavy atom. The van der Waals surface area contributed by atoms with Gasteiger partial charge in [-0.25, -0.2) is 4.98 Å². The van der Waals surface area contributed by atoms with Crippen LogP contribution >= 0.6 is 0 Å². The molecule has 132 valence electrons. The molecule has 0 spiro atoms. The second-order valence-electron chi connectivity index (χ2n) is 5.64. The summed E-state index contributed by atoms with van der Waals surface area (Å²) in [5.74, 6) is 2.29. The number of hydrogen-bond acceptors (Lipinski definition) is 8. The Bertz CT molecular complexity index is 987. The number of ether oxygens (including phenoxy) is 2. The first-order chi connectivity index (χ1) is 12.6. The van der Waals surface area contributed by atoms with E-state index in [4.69, 9.17) is 9.47 Å². The lowest BCUT2D eigenvalue weighted by Crippen LogP contribution is -2.08. The Morgan fingerprint density at radius 2 is 2.12 bits per heavy atom. The van der Waals surface area contributed by atoms with Gasteiger partial charge in [0.25, 0.3) is 5.95 Å². The first-order valence-electron chi connectivity index (χ1n) is 7.76. The number of anilines is 1. The summed E-state index contributed by atoms with van der Waals surface area (Å²) >= 11 is 0. The highest BCUT2D eigenvalue weighted by molar-refractivity contribution is 5.46. The lowest BCUT2D eigenvalue weighted by Gasteiger charge is -2.09. The molecule has 3 heterocycles. The van der Waals surface area contributed by atoms with Gasteiger partial charge >= 0.3 is 5.69 Å². The van der Waals surface area contributed by atoms with Gasteiger partial charge in [-0.3, -0.25) is 10.1 Å². The fraction of sp³-hybridized carbons (Fsp3) is 0.188. The van der Waals surface area contributed by atoms with Gasteiger partial charge in [-0.1, -0.05) is 6.07 Å². The Balaban J connectivity index is 1.53. The minimum absolute atomic E-state index is 0.120. The van der Waals surface area contributed by atoms with E-state index < -0.39 is 4.92 Å². The summed E-state index contributed by atoms with van der Waals surface area (Å²) in [6.07, 6.45) is 2.43. The molecule has 10 nitrogen and oxygen atoms in total. The number of nitro groups is 1. The third-order valence-corrected chi connectivity index (χ3v) is 3.74. The first-order valence-corrected chi connectivity index (χ1v) is 7.76. The molecule has 1 aromatic carbocycles. The number of aromatic nitrogens is 4. The van der Waals surface area contributed by atoms with E-state index in [0.29, 0.717) is 23.8 Å². The minimum atomic E-state index is -0.516. The molecular formula is C16H14N6O4. The summed E-state index contributed by atoms with van der Waals surface area (Å²) in [6, 6.07) is 7.49. The maximum absolute atomic E-state index is 10.8. The van der Waals surface area contributed by atoms with E-state index in [0.717, 1.165) is 17.5 Å². The zero-order chi connectivity index (χ0) is 18.1. The van der Waals surface area contributed by atoms with Gasteiger partial charge in [-0.2, -0.15) is 14.8 Å². The van der Waals surface area contributed by atoms with Crippen LogP contribution < -0.4 is 14.8 Å². The highest BCUT2D eigenvalue weighted by Gasteiger charge is 2.14. The van der Waals surface area contributed by atoms with Crippen LogP contribution in [0.15, 0.2) is 36.7 Å². The van der Waals surface area contributed by atoms with Crippen LogP contribution in [0.25, 0.3) is 5.95 Å². The molecule has 0 amide bonds. The number of benzene rings is 1. The Hall–Kier alpha value is -3.69. The maximum Gasteiger partial charge on any atom is 0.307 e. The highest BCUT2D eigenvalue weighted by Crippen LogP contribution is 2.32. The standard InChI is InChI=1S/C16H14N6O4/c1-10-4-15(17-6-11-2-3-13-14(5-11)26-9-25-13)20-16(19-10)21-8-12(7-18-21)22(23)24/h2-5,7-8H,6,9H2,1H3,(H,17,19,20). The van der Waals surface area contributed by atoms with Crippen LogP contribution in [0.3, 0.4) is 0 Å². The predicted molar refractivity (Wildman–Crippen MR) is 90.4 cm³/mol. The number of hydrogen-bond donors (Lipinski definition) is 1. The van der Waals surface area contributed by atoms with E-state index in [1.165, 1.54) is 10.9 Å². The molecule has 2 aromatic heterocycles. The fourth-order valence-electron chi connectivity index (χ4n) is 2.51. The van der Waals surface area contributed by atoms with Gasteiger partial charge in [0.05, 0.1) is 4.92 Å². The van der Waals surface area contributed by atoms with Crippen LogP contribution in [-0.4, -0.2) is 31.5 Å². The second kappa shape index (κ2) is 6.31. The van der Waals surface area contributed by atoms with Gasteiger partial charge in [0.2, 0.25) is 6.79 Å². The average molecular weight is 354 g/mol. The van der Waals surface area contributed by atoms with E-state index >= 15 is 0 Å². The quantitative estimate of drug-likeness (QED) is 0.547. The van der Waals surface area contributed by atoms with Crippen molar-refractivity contribution < 1.29 is 14.4 Å². The molecule has 0 aliphatic carbocycles. The Labute approximate surface area is 147 Å². The Morgan fingerprint density at radius 3 is 2.92 bits per heavy atom. The second-order valence-corrected chi connectivity index (χ2v) is 5.64. The van der Waals surface area contributed by atoms with Crippen molar-refractivity contribution >= 4 is 11.5 Å². The van der Waals surface area contributed by atoms with Gasteiger partial charge in [0.1, 0.15) is 18.2 Å². The van der Waals surface area contributed by atoms with Crippen molar-refractivity contribution in [3.8, 4) is 17.4 Å². The lowest BCUT2D eigenvalue weighted by molar-refractivity contribution is -0.384. The molecular weight excluding hydrogens is 340 g/mol. The molecule has 1 N–H and O–H groups in total. The van der Waals surface area contributed by atoms with Gasteiger partial charge in [-0.05, 0) is 24.6 Å². The van der Waals surface area contributed by atoms with Crippen LogP contribution in [0.5, 0.6) is 11.5 Å². The minimum Gasteiger partial charge on any atom is -0.454 e. The summed E-state index contributed by atoms with van der Waals surface area (Å²) < 4.78 is 11.9. The molecule has 1 aliphatic heterocycles. The molecule has 0 saturated carbocycles. The summed E-state index contributed by atoms with van der Waals surface area (Å²) in [4.78, 5) is 18.9. The van der Waals surface area contributed by atoms with Crippen LogP contribution in [0.4, 0.5) is 11.5 Å². The van der Waals surface area contributed by atoms with Crippen molar-refractivity contribution in [1.82, 2.24) is 19.7 Å². The fourth-order valence-corrected chi connectivity index (χ4v) is 2.51. The molecule has 0 saturated heterocycles. The van der Waals surface area contributed by atoms with Crippen molar-refractivity contribution in [2.24, 2.45) is 0 Å². The van der Waals surface area contributed by atoms with Crippen molar-refractivity contribution in [1.29, 1.82) is 0 Å². The first kappa shape index (κ1) is 15.8. The van der Waals surface area contributed by atoms with Crippen molar-refractivity contribution in [3.05, 3.63) is 58.0 Å². The zero-order valence-corrected chi connectivity index (χ0v) is 13.7. The SMILES string of the molecule is Cc1cc(NCc2ccc3c(c2)OCO3)nc(-n2cc([N+](=O)[O-])cn2)n1. The lowest BCUT2D eigenvalue weighted by atomic mass is 10.2. The third-order valence-electron chi connectivity index (χ3n) is 3.74. The molecule has 0 atom stereocenters. The summed E-state index contributed by atoms with van der Waals surface area (Å²) in [5.41, 5.74) is 1.59. The van der Waals surface area contributed by atoms with E-state index in [1.54, 1.807) is 6.07 Å². The Kier molecular flexibility index (Phi) is 3.84. The predicted octanol–water partition coefficient (Wildman–Crippen LogP) is 2.22.